The number of aromatic hydroxyl groups is 1. The smallest absolute Gasteiger partial charge is 0.326 e. The number of benzene rings is 5. The summed E-state index contributed by atoms with van der Waals surface area (Å²) in [7, 11) is 0. The van der Waals surface area contributed by atoms with Crippen molar-refractivity contribution in [1.82, 2.24) is 30.8 Å². The van der Waals surface area contributed by atoms with Crippen LogP contribution >= 0.6 is 11.6 Å². The molecule has 6 aromatic rings. The fraction of sp³-hybridized carbons (Fsp3) is 0.328. The molecular weight excluding hydrogens is 926 g/mol. The molecule has 6 rings (SSSR count). The monoisotopic (exact) mass is 993 g/mol. The second-order valence-electron chi connectivity index (χ2n) is 18.3. The summed E-state index contributed by atoms with van der Waals surface area (Å²) in [6.45, 7) is 7.00. The summed E-state index contributed by atoms with van der Waals surface area (Å²) in [5.41, 5.74) is 11.6. The minimum atomic E-state index is -1.36. The number of phenolic OH excluding ortho intramolecular Hbond substituents is 1. The van der Waals surface area contributed by atoms with Crippen LogP contribution in [0.3, 0.4) is 0 Å². The van der Waals surface area contributed by atoms with Gasteiger partial charge in [-0.05, 0) is 84.2 Å². The van der Waals surface area contributed by atoms with Gasteiger partial charge in [0, 0.05) is 42.7 Å². The van der Waals surface area contributed by atoms with Crippen LogP contribution in [0.1, 0.15) is 98.2 Å². The Balaban J connectivity index is 1.21. The Kier molecular flexibility index (Phi) is 20.6. The summed E-state index contributed by atoms with van der Waals surface area (Å²) in [6.07, 6.45) is 11.7. The zero-order valence-electron chi connectivity index (χ0n) is 41.0. The molecule has 13 nitrogen and oxygen atoms in total. The SMILES string of the molecule is C=C(CCCCCCC)NCCCCC(NC(=O)C(N)Cc1cn(C(c2ccccc2)(c2ccccc2)c2ccccc2)cn1)C(=O)NC(Cc1ccc(Cl)cc1)C(=O)N[C@@H](Cc1ccc(O)cc1)C(=O)O. The molecule has 1 aromatic heterocycles. The van der Waals surface area contributed by atoms with Gasteiger partial charge in [-0.1, -0.05) is 166 Å². The molecule has 4 atom stereocenters. The molecule has 14 heteroatoms. The third-order valence-electron chi connectivity index (χ3n) is 12.9. The number of aromatic nitrogens is 2. The summed E-state index contributed by atoms with van der Waals surface area (Å²) in [5, 5.41) is 32.2. The number of carboxylic acids is 1. The Labute approximate surface area is 428 Å². The van der Waals surface area contributed by atoms with Gasteiger partial charge in [-0.2, -0.15) is 0 Å². The number of hydrogen-bond donors (Lipinski definition) is 7. The van der Waals surface area contributed by atoms with Crippen molar-refractivity contribution >= 4 is 35.3 Å². The average molecular weight is 995 g/mol. The molecule has 378 valence electrons. The standard InChI is InChI=1S/C58H68ClN7O6/c1-3-4-5-6-10-19-41(2)61-35-18-17-26-51(55(69)64-52(36-42-27-31-47(59)32-28-42)56(70)65-53(57(71)72)37-43-29-33-49(67)34-30-43)63-54(68)50(60)38-48-39-66(40-62-48)58(44-20-11-7-12-21-44,45-22-13-8-14-23-45)46-24-15-9-16-25-46/h7-9,11-16,20-25,27-34,39-40,50-53,61,67H,2-6,10,17-19,26,35-38,60H2,1H3,(H,63,68)(H,64,69)(H,65,70)(H,71,72)/t50?,51?,52?,53-/m0/s1. The normalized spacial score (nSPS) is 13.0. The molecule has 1 heterocycles. The molecule has 0 radical (unpaired) electrons. The Morgan fingerprint density at radius 3 is 1.74 bits per heavy atom. The van der Waals surface area contributed by atoms with Crippen molar-refractivity contribution in [2.45, 2.75) is 114 Å². The van der Waals surface area contributed by atoms with Crippen molar-refractivity contribution in [3.8, 4) is 5.75 Å². The Morgan fingerprint density at radius 1 is 0.653 bits per heavy atom. The highest BCUT2D eigenvalue weighted by molar-refractivity contribution is 6.30. The van der Waals surface area contributed by atoms with E-state index in [4.69, 9.17) is 22.3 Å². The number of hydrogen-bond acceptors (Lipinski definition) is 8. The third-order valence-corrected chi connectivity index (χ3v) is 13.1. The maximum absolute atomic E-state index is 14.5. The predicted molar refractivity (Wildman–Crippen MR) is 283 cm³/mol. The van der Waals surface area contributed by atoms with Gasteiger partial charge in [0.15, 0.2) is 0 Å². The molecule has 8 N–H and O–H groups in total. The molecule has 3 amide bonds. The van der Waals surface area contributed by atoms with Gasteiger partial charge in [0.25, 0.3) is 0 Å². The molecule has 0 spiro atoms. The highest BCUT2D eigenvalue weighted by atomic mass is 35.5. The summed E-state index contributed by atoms with van der Waals surface area (Å²) in [6, 6.07) is 38.4. The van der Waals surface area contributed by atoms with Crippen molar-refractivity contribution in [2.75, 3.05) is 6.54 Å². The van der Waals surface area contributed by atoms with Crippen molar-refractivity contribution in [2.24, 2.45) is 5.73 Å². The van der Waals surface area contributed by atoms with Gasteiger partial charge in [0.1, 0.15) is 29.4 Å². The van der Waals surface area contributed by atoms with Crippen LogP contribution in [0.15, 0.2) is 164 Å². The summed E-state index contributed by atoms with van der Waals surface area (Å²) >= 11 is 6.18. The molecule has 0 aliphatic carbocycles. The zero-order valence-corrected chi connectivity index (χ0v) is 41.8. The summed E-state index contributed by atoms with van der Waals surface area (Å²) < 4.78 is 2.05. The van der Waals surface area contributed by atoms with Crippen LogP contribution in [0.2, 0.25) is 5.02 Å². The number of carbonyl (C=O) groups excluding carboxylic acids is 3. The van der Waals surface area contributed by atoms with Gasteiger partial charge < -0.3 is 41.8 Å². The number of imidazole rings is 1. The van der Waals surface area contributed by atoms with Crippen LogP contribution < -0.4 is 27.0 Å². The molecule has 0 fully saturated rings. The molecule has 0 aliphatic rings. The van der Waals surface area contributed by atoms with Crippen LogP contribution in [0.25, 0.3) is 0 Å². The van der Waals surface area contributed by atoms with E-state index in [0.29, 0.717) is 41.2 Å². The zero-order chi connectivity index (χ0) is 51.3. The Hall–Kier alpha value is -7.22. The molecule has 0 aliphatic heterocycles. The second kappa shape index (κ2) is 27.4. The third kappa shape index (κ3) is 15.4. The summed E-state index contributed by atoms with van der Waals surface area (Å²) in [5.74, 6) is -3.23. The first-order valence-electron chi connectivity index (χ1n) is 24.9. The first-order valence-corrected chi connectivity index (χ1v) is 25.3. The second-order valence-corrected chi connectivity index (χ2v) is 18.7. The van der Waals surface area contributed by atoms with Gasteiger partial charge in [-0.3, -0.25) is 14.4 Å². The van der Waals surface area contributed by atoms with E-state index in [1.54, 1.807) is 42.7 Å². The van der Waals surface area contributed by atoms with Crippen molar-refractivity contribution in [3.63, 3.8) is 0 Å². The van der Waals surface area contributed by atoms with Gasteiger partial charge in [-0.25, -0.2) is 9.78 Å². The van der Waals surface area contributed by atoms with Gasteiger partial charge in [0.2, 0.25) is 17.7 Å². The van der Waals surface area contributed by atoms with Crippen molar-refractivity contribution < 1.29 is 29.4 Å². The maximum Gasteiger partial charge on any atom is 0.326 e. The molecule has 3 unspecified atom stereocenters. The lowest BCUT2D eigenvalue weighted by Crippen LogP contribution is -2.58. The van der Waals surface area contributed by atoms with E-state index in [-0.39, 0.29) is 31.4 Å². The van der Waals surface area contributed by atoms with Gasteiger partial charge in [-0.15, -0.1) is 0 Å². The quantitative estimate of drug-likeness (QED) is 0.0178. The Bertz CT molecular complexity index is 2550. The van der Waals surface area contributed by atoms with Crippen LogP contribution in [0.5, 0.6) is 5.75 Å². The number of rotatable bonds is 29. The van der Waals surface area contributed by atoms with E-state index in [1.165, 1.54) is 31.4 Å². The summed E-state index contributed by atoms with van der Waals surface area (Å²) in [4.78, 5) is 60.1. The van der Waals surface area contributed by atoms with Gasteiger partial charge >= 0.3 is 5.97 Å². The number of nitrogens with two attached hydrogens (primary N) is 1. The number of unbranched alkanes of at least 4 members (excludes halogenated alkanes) is 5. The van der Waals surface area contributed by atoms with Crippen LogP contribution in [-0.2, 0) is 44.0 Å². The number of carbonyl (C=O) groups is 4. The number of nitrogens with zero attached hydrogens (tertiary/aromatic N) is 2. The van der Waals surface area contributed by atoms with E-state index in [9.17, 15) is 29.4 Å². The number of allylic oxidation sites excluding steroid dienone is 1. The maximum atomic E-state index is 14.5. The van der Waals surface area contributed by atoms with E-state index in [0.717, 1.165) is 41.6 Å². The van der Waals surface area contributed by atoms with Crippen molar-refractivity contribution in [1.29, 1.82) is 0 Å². The first kappa shape index (κ1) is 54.1. The van der Waals surface area contributed by atoms with E-state index in [2.05, 4.69) is 71.2 Å². The number of aliphatic carboxylic acids is 1. The van der Waals surface area contributed by atoms with Crippen LogP contribution in [0, 0.1) is 0 Å². The molecule has 5 aromatic carbocycles. The lowest BCUT2D eigenvalue weighted by atomic mass is 9.77. The molecule has 0 saturated carbocycles. The predicted octanol–water partition coefficient (Wildman–Crippen LogP) is 8.61. The van der Waals surface area contributed by atoms with Crippen LogP contribution in [-0.4, -0.2) is 74.2 Å². The van der Waals surface area contributed by atoms with E-state index in [1.807, 2.05) is 65.4 Å². The fourth-order valence-corrected chi connectivity index (χ4v) is 9.08. The number of nitrogens with one attached hydrogen (secondary N) is 4. The van der Waals surface area contributed by atoms with Crippen LogP contribution in [0.4, 0.5) is 0 Å². The lowest BCUT2D eigenvalue weighted by molar-refractivity contribution is -0.142. The Morgan fingerprint density at radius 2 is 1.17 bits per heavy atom. The molecule has 72 heavy (non-hydrogen) atoms. The van der Waals surface area contributed by atoms with Gasteiger partial charge in [0.05, 0.1) is 18.1 Å². The van der Waals surface area contributed by atoms with E-state index >= 15 is 0 Å². The molecule has 0 saturated heterocycles. The number of carboxylic acid groups (broad SMARTS) is 1. The first-order chi connectivity index (χ1) is 34.9. The van der Waals surface area contributed by atoms with E-state index < -0.39 is 53.4 Å². The lowest BCUT2D eigenvalue weighted by Gasteiger charge is -2.37. The number of halogens is 1. The molecular formula is C58H68ClN7O6. The topological polar surface area (TPSA) is 201 Å². The fourth-order valence-electron chi connectivity index (χ4n) is 8.95. The minimum absolute atomic E-state index is 0.00988. The highest BCUT2D eigenvalue weighted by Gasteiger charge is 2.39. The minimum Gasteiger partial charge on any atom is -0.508 e. The number of amides is 3. The average Bonchev–Trinajstić information content (AvgIpc) is 3.85. The van der Waals surface area contributed by atoms with Crippen molar-refractivity contribution in [3.05, 3.63) is 203 Å². The highest BCUT2D eigenvalue weighted by Crippen LogP contribution is 2.41. The number of phenols is 1. The molecule has 0 bridgehead atoms. The largest absolute Gasteiger partial charge is 0.508 e.